The molecule has 0 aromatic heterocycles. The molecule has 13 heteroatoms. The number of likely N-dealkylation sites (N-methyl/N-ethyl adjacent to an activating group) is 2. The molecule has 0 fully saturated rings. The predicted octanol–water partition coefficient (Wildman–Crippen LogP) is -0.666. The second-order valence-electron chi connectivity index (χ2n) is 10.3. The molecule has 4 amide bonds. The van der Waals surface area contributed by atoms with E-state index in [4.69, 9.17) is 0 Å². The van der Waals surface area contributed by atoms with E-state index >= 15 is 0 Å². The van der Waals surface area contributed by atoms with Gasteiger partial charge < -0.3 is 37.0 Å². The Labute approximate surface area is 258 Å². The predicted molar refractivity (Wildman–Crippen MR) is 168 cm³/mol. The molecule has 2 aromatic carbocycles. The first-order valence-electron chi connectivity index (χ1n) is 14.6. The van der Waals surface area contributed by atoms with Gasteiger partial charge in [-0.15, -0.1) is 0 Å². The molecule has 0 unspecified atom stereocenters. The molecule has 0 bridgehead atoms. The number of carboxylic acids is 1. The molecule has 0 heterocycles. The second kappa shape index (κ2) is 19.8. The first kappa shape index (κ1) is 35.9. The van der Waals surface area contributed by atoms with Crippen LogP contribution in [0.25, 0.3) is 11.1 Å². The van der Waals surface area contributed by atoms with Crippen molar-refractivity contribution in [3.05, 3.63) is 60.2 Å². The molecular formula is C31H45N7O6. The van der Waals surface area contributed by atoms with Crippen LogP contribution in [0.2, 0.25) is 0 Å². The van der Waals surface area contributed by atoms with Gasteiger partial charge in [0.1, 0.15) is 12.1 Å². The highest BCUT2D eigenvalue weighted by atomic mass is 16.4. The Balaban J connectivity index is 1.95. The molecule has 44 heavy (non-hydrogen) atoms. The average Bonchev–Trinajstić information content (AvgIpc) is 3.00. The van der Waals surface area contributed by atoms with Gasteiger partial charge in [-0.25, -0.2) is 0 Å². The first-order chi connectivity index (χ1) is 21.1. The summed E-state index contributed by atoms with van der Waals surface area (Å²) >= 11 is 0. The molecule has 0 saturated heterocycles. The molecule has 0 aliphatic rings. The molecule has 2 rings (SSSR count). The number of rotatable bonds is 20. The van der Waals surface area contributed by atoms with Gasteiger partial charge in [0, 0.05) is 52.6 Å². The highest BCUT2D eigenvalue weighted by Crippen LogP contribution is 2.19. The third kappa shape index (κ3) is 13.8. The maximum atomic E-state index is 13.2. The van der Waals surface area contributed by atoms with Crippen LogP contribution in [-0.2, 0) is 30.4 Å². The lowest BCUT2D eigenvalue weighted by molar-refractivity contribution is -0.141. The van der Waals surface area contributed by atoms with Crippen molar-refractivity contribution in [2.24, 2.45) is 0 Å². The largest absolute Gasteiger partial charge is 0.481 e. The first-order valence-corrected chi connectivity index (χ1v) is 14.6. The van der Waals surface area contributed by atoms with E-state index in [0.29, 0.717) is 13.1 Å². The number of carbonyl (C=O) groups excluding carboxylic acids is 4. The SMILES string of the molecule is CNCCN(CCNC)CC(=O)NCCNC(=O)[C@H](CC(=O)O)NC(=O)[C@H](Cc1ccc(-c2ccccc2)cc1)NC(C)=O. The summed E-state index contributed by atoms with van der Waals surface area (Å²) in [4.78, 5) is 63.7. The molecule has 0 radical (unpaired) electrons. The van der Waals surface area contributed by atoms with Crippen LogP contribution in [-0.4, -0.2) is 112 Å². The Morgan fingerprint density at radius 1 is 0.727 bits per heavy atom. The number of carbonyl (C=O) groups is 5. The van der Waals surface area contributed by atoms with Gasteiger partial charge in [-0.2, -0.15) is 0 Å². The normalized spacial score (nSPS) is 12.2. The van der Waals surface area contributed by atoms with Crippen LogP contribution in [0.3, 0.4) is 0 Å². The molecule has 0 aliphatic heterocycles. The molecule has 7 N–H and O–H groups in total. The third-order valence-electron chi connectivity index (χ3n) is 6.68. The van der Waals surface area contributed by atoms with E-state index in [2.05, 4.69) is 31.9 Å². The van der Waals surface area contributed by atoms with Crippen molar-refractivity contribution in [1.29, 1.82) is 0 Å². The van der Waals surface area contributed by atoms with Crippen LogP contribution < -0.4 is 31.9 Å². The van der Waals surface area contributed by atoms with Gasteiger partial charge in [0.25, 0.3) is 0 Å². The van der Waals surface area contributed by atoms with Gasteiger partial charge in [-0.3, -0.25) is 28.9 Å². The number of nitrogens with zero attached hydrogens (tertiary/aromatic N) is 1. The van der Waals surface area contributed by atoms with E-state index in [9.17, 15) is 29.1 Å². The van der Waals surface area contributed by atoms with E-state index in [1.165, 1.54) is 6.92 Å². The van der Waals surface area contributed by atoms with E-state index < -0.39 is 42.2 Å². The monoisotopic (exact) mass is 611 g/mol. The van der Waals surface area contributed by atoms with Crippen LogP contribution >= 0.6 is 0 Å². The number of hydrogen-bond acceptors (Lipinski definition) is 8. The Hall–Kier alpha value is -4.33. The fourth-order valence-corrected chi connectivity index (χ4v) is 4.39. The standard InChI is InChI=1S/C31H45N7O6/c1-22(39)36-26(19-23-9-11-25(12-10-23)24-7-5-4-6-8-24)31(44)37-27(20-29(41)42)30(43)35-14-13-34-28(40)21-38(17-15-32-2)18-16-33-3/h4-12,26-27,32-33H,13-21H2,1-3H3,(H,34,40)(H,35,43)(H,36,39)(H,37,44)(H,41,42)/t26-,27-/m0/s1. The van der Waals surface area contributed by atoms with Gasteiger partial charge in [0.2, 0.25) is 23.6 Å². The minimum atomic E-state index is -1.38. The highest BCUT2D eigenvalue weighted by molar-refractivity contribution is 5.93. The number of carboxylic acid groups (broad SMARTS) is 1. The Bertz CT molecular complexity index is 1200. The van der Waals surface area contributed by atoms with E-state index in [1.807, 2.05) is 73.6 Å². The molecule has 2 atom stereocenters. The van der Waals surface area contributed by atoms with Gasteiger partial charge in [-0.1, -0.05) is 54.6 Å². The minimum Gasteiger partial charge on any atom is -0.481 e. The van der Waals surface area contributed by atoms with Gasteiger partial charge in [0.05, 0.1) is 13.0 Å². The fraction of sp³-hybridized carbons (Fsp3) is 0.452. The summed E-state index contributed by atoms with van der Waals surface area (Å²) in [5.74, 6) is -3.35. The van der Waals surface area contributed by atoms with Crippen LogP contribution in [0.5, 0.6) is 0 Å². The van der Waals surface area contributed by atoms with Crippen molar-refractivity contribution in [2.45, 2.75) is 31.8 Å². The minimum absolute atomic E-state index is 0.0342. The molecule has 0 aliphatic carbocycles. The molecular weight excluding hydrogens is 566 g/mol. The number of aliphatic carboxylic acids is 1. The number of benzene rings is 2. The van der Waals surface area contributed by atoms with Crippen molar-refractivity contribution < 1.29 is 29.1 Å². The summed E-state index contributed by atoms with van der Waals surface area (Å²) in [6.45, 7) is 4.46. The van der Waals surface area contributed by atoms with E-state index in [1.54, 1.807) is 0 Å². The average molecular weight is 612 g/mol. The van der Waals surface area contributed by atoms with Crippen molar-refractivity contribution in [3.8, 4) is 11.1 Å². The van der Waals surface area contributed by atoms with Crippen LogP contribution in [0.15, 0.2) is 54.6 Å². The lowest BCUT2D eigenvalue weighted by Crippen LogP contribution is -2.55. The third-order valence-corrected chi connectivity index (χ3v) is 6.68. The summed E-state index contributed by atoms with van der Waals surface area (Å²) in [6.07, 6.45) is -0.526. The highest BCUT2D eigenvalue weighted by Gasteiger charge is 2.28. The lowest BCUT2D eigenvalue weighted by Gasteiger charge is -2.23. The zero-order valence-electron chi connectivity index (χ0n) is 25.7. The van der Waals surface area contributed by atoms with Crippen LogP contribution in [0.1, 0.15) is 18.9 Å². The molecule has 0 spiro atoms. The Kier molecular flexibility index (Phi) is 16.1. The maximum absolute atomic E-state index is 13.2. The molecule has 2 aromatic rings. The van der Waals surface area contributed by atoms with Gasteiger partial charge in [-0.05, 0) is 30.8 Å². The van der Waals surface area contributed by atoms with Crippen molar-refractivity contribution in [1.82, 2.24) is 36.8 Å². The summed E-state index contributed by atoms with van der Waals surface area (Å²) in [5.41, 5.74) is 2.79. The topological polar surface area (TPSA) is 181 Å². The molecule has 240 valence electrons. The van der Waals surface area contributed by atoms with Crippen molar-refractivity contribution in [3.63, 3.8) is 0 Å². The van der Waals surface area contributed by atoms with Gasteiger partial charge >= 0.3 is 5.97 Å². The summed E-state index contributed by atoms with van der Waals surface area (Å²) < 4.78 is 0. The summed E-state index contributed by atoms with van der Waals surface area (Å²) in [7, 11) is 3.67. The summed E-state index contributed by atoms with van der Waals surface area (Å²) in [6, 6.07) is 14.9. The second-order valence-corrected chi connectivity index (χ2v) is 10.3. The zero-order valence-corrected chi connectivity index (χ0v) is 25.7. The van der Waals surface area contributed by atoms with Crippen LogP contribution in [0, 0.1) is 0 Å². The van der Waals surface area contributed by atoms with E-state index in [-0.39, 0.29) is 32.0 Å². The van der Waals surface area contributed by atoms with Crippen molar-refractivity contribution >= 4 is 29.6 Å². The van der Waals surface area contributed by atoms with Crippen LogP contribution in [0.4, 0.5) is 0 Å². The summed E-state index contributed by atoms with van der Waals surface area (Å²) in [5, 5.41) is 25.8. The number of hydrogen-bond donors (Lipinski definition) is 7. The van der Waals surface area contributed by atoms with Crippen molar-refractivity contribution in [2.75, 3.05) is 59.9 Å². The number of amides is 4. The quantitative estimate of drug-likeness (QED) is 0.0956. The molecule has 13 nitrogen and oxygen atoms in total. The Morgan fingerprint density at radius 2 is 1.32 bits per heavy atom. The Morgan fingerprint density at radius 3 is 1.89 bits per heavy atom. The van der Waals surface area contributed by atoms with E-state index in [0.717, 1.165) is 29.8 Å². The fourth-order valence-electron chi connectivity index (χ4n) is 4.39. The molecule has 0 saturated carbocycles. The van der Waals surface area contributed by atoms with Gasteiger partial charge in [0.15, 0.2) is 0 Å². The smallest absolute Gasteiger partial charge is 0.305 e. The maximum Gasteiger partial charge on any atom is 0.305 e. The number of nitrogens with one attached hydrogen (secondary N) is 6. The lowest BCUT2D eigenvalue weighted by atomic mass is 10.00. The zero-order chi connectivity index (χ0) is 32.3.